The molecule has 1 unspecified atom stereocenters. The summed E-state index contributed by atoms with van der Waals surface area (Å²) in [5, 5.41) is 7.15. The van der Waals surface area contributed by atoms with E-state index in [4.69, 9.17) is 27.9 Å². The van der Waals surface area contributed by atoms with Gasteiger partial charge in [-0.1, -0.05) is 23.2 Å². The van der Waals surface area contributed by atoms with Crippen LogP contribution in [0.1, 0.15) is 34.6 Å². The topological polar surface area (TPSA) is 104 Å². The zero-order valence-electron chi connectivity index (χ0n) is 20.0. The highest BCUT2D eigenvalue weighted by molar-refractivity contribution is 6.35. The number of carbonyl (C=O) groups is 2. The Morgan fingerprint density at radius 1 is 1.19 bits per heavy atom. The molecule has 0 bridgehead atoms. The quantitative estimate of drug-likeness (QED) is 0.435. The highest BCUT2D eigenvalue weighted by Gasteiger charge is 2.29. The number of aromatic nitrogens is 1. The van der Waals surface area contributed by atoms with Crippen molar-refractivity contribution in [2.45, 2.75) is 19.4 Å². The molecule has 11 heteroatoms. The molecule has 1 atom stereocenters. The summed E-state index contributed by atoms with van der Waals surface area (Å²) in [5.74, 6) is -1.08. The maximum atomic E-state index is 14.8. The van der Waals surface area contributed by atoms with Gasteiger partial charge >= 0.3 is 0 Å². The van der Waals surface area contributed by atoms with Gasteiger partial charge in [-0.3, -0.25) is 14.4 Å². The number of fused-ring (bicyclic) bond motifs is 2. The van der Waals surface area contributed by atoms with Gasteiger partial charge in [-0.2, -0.15) is 0 Å². The number of nitrogens with zero attached hydrogens (tertiary/aromatic N) is 1. The van der Waals surface area contributed by atoms with E-state index in [1.165, 1.54) is 12.1 Å². The predicted octanol–water partition coefficient (Wildman–Crippen LogP) is 3.91. The molecule has 3 aromatic rings. The van der Waals surface area contributed by atoms with E-state index >= 15 is 0 Å². The van der Waals surface area contributed by atoms with E-state index in [0.717, 1.165) is 17.2 Å². The van der Waals surface area contributed by atoms with Gasteiger partial charge in [0.2, 0.25) is 5.91 Å². The molecular formula is C26H25Cl2FN4O4. The number of amides is 2. The average Bonchev–Trinajstić information content (AvgIpc) is 2.81. The van der Waals surface area contributed by atoms with Crippen molar-refractivity contribution in [3.8, 4) is 0 Å². The number of anilines is 1. The normalized spacial score (nSPS) is 17.3. The van der Waals surface area contributed by atoms with Crippen molar-refractivity contribution in [1.29, 1.82) is 0 Å². The van der Waals surface area contributed by atoms with Gasteiger partial charge in [0.05, 0.1) is 36.9 Å². The summed E-state index contributed by atoms with van der Waals surface area (Å²) in [4.78, 5) is 42.3. The molecule has 2 aromatic carbocycles. The Labute approximate surface area is 222 Å². The van der Waals surface area contributed by atoms with Crippen LogP contribution in [0, 0.1) is 11.7 Å². The smallest absolute Gasteiger partial charge is 0.267 e. The number of ether oxygens (including phenoxy) is 1. The van der Waals surface area contributed by atoms with Gasteiger partial charge in [0.15, 0.2) is 0 Å². The second-order valence-electron chi connectivity index (χ2n) is 9.37. The highest BCUT2D eigenvalue weighted by atomic mass is 35.5. The molecule has 1 aromatic heterocycles. The van der Waals surface area contributed by atoms with E-state index in [-0.39, 0.29) is 41.2 Å². The molecule has 0 spiro atoms. The molecule has 1 saturated heterocycles. The van der Waals surface area contributed by atoms with Crippen LogP contribution >= 0.6 is 23.2 Å². The van der Waals surface area contributed by atoms with Crippen molar-refractivity contribution in [3.63, 3.8) is 0 Å². The van der Waals surface area contributed by atoms with E-state index in [1.807, 2.05) is 13.0 Å². The van der Waals surface area contributed by atoms with Crippen LogP contribution < -0.4 is 16.2 Å². The van der Waals surface area contributed by atoms with E-state index in [1.54, 1.807) is 11.0 Å². The molecule has 0 aliphatic carbocycles. The highest BCUT2D eigenvalue weighted by Crippen LogP contribution is 2.37. The molecule has 3 heterocycles. The number of H-pyrrole nitrogens is 1. The summed E-state index contributed by atoms with van der Waals surface area (Å²) in [6, 6.07) is 7.27. The number of hydrogen-bond acceptors (Lipinski definition) is 5. The molecule has 2 amide bonds. The van der Waals surface area contributed by atoms with Crippen molar-refractivity contribution >= 4 is 51.5 Å². The minimum Gasteiger partial charge on any atom is -0.381 e. The molecule has 1 fully saturated rings. The number of hydrogen-bond donors (Lipinski definition) is 3. The van der Waals surface area contributed by atoms with Gasteiger partial charge in [0.1, 0.15) is 11.5 Å². The number of rotatable bonds is 6. The first kappa shape index (κ1) is 25.5. The largest absolute Gasteiger partial charge is 0.381 e. The minimum absolute atomic E-state index is 0.0549. The van der Waals surface area contributed by atoms with Crippen LogP contribution in [-0.4, -0.2) is 54.5 Å². The number of halogens is 3. The lowest BCUT2D eigenvalue weighted by Crippen LogP contribution is -2.42. The van der Waals surface area contributed by atoms with Crippen LogP contribution in [0.4, 0.5) is 10.1 Å². The fraction of sp³-hybridized carbons (Fsp3) is 0.346. The number of nitrogens with one attached hydrogen (secondary N) is 3. The maximum absolute atomic E-state index is 14.8. The minimum atomic E-state index is -0.678. The summed E-state index contributed by atoms with van der Waals surface area (Å²) in [6.45, 7) is 3.83. The lowest BCUT2D eigenvalue weighted by atomic mass is 9.93. The van der Waals surface area contributed by atoms with Crippen molar-refractivity contribution < 1.29 is 18.7 Å². The second-order valence-corrected chi connectivity index (χ2v) is 10.2. The van der Waals surface area contributed by atoms with Crippen LogP contribution in [0.5, 0.6) is 0 Å². The molecule has 37 heavy (non-hydrogen) atoms. The Morgan fingerprint density at radius 3 is 2.70 bits per heavy atom. The van der Waals surface area contributed by atoms with E-state index in [9.17, 15) is 18.8 Å². The van der Waals surface area contributed by atoms with Crippen LogP contribution in [0.25, 0.3) is 10.8 Å². The Hall–Kier alpha value is -3.14. The standard InChI is InChI=1S/C26H25Cl2FN4O4/c1-13-24-15(4-17(27)7-19(24)28)2-3-33(13)23(34)10-30-21-5-16-6-22(26(36)31-9-14-11-37-12-14)32-25(35)18(16)8-20(21)29/h4-8,13-14,30H,2-3,9-12H2,1H3,(H,31,36)(H,32,35). The van der Waals surface area contributed by atoms with Gasteiger partial charge in [0.25, 0.3) is 11.5 Å². The van der Waals surface area contributed by atoms with E-state index in [2.05, 4.69) is 15.6 Å². The van der Waals surface area contributed by atoms with Crippen LogP contribution in [-0.2, 0) is 16.0 Å². The maximum Gasteiger partial charge on any atom is 0.267 e. The lowest BCUT2D eigenvalue weighted by Gasteiger charge is -2.36. The molecule has 0 saturated carbocycles. The second kappa shape index (κ2) is 10.3. The Kier molecular flexibility index (Phi) is 7.11. The SMILES string of the molecule is CC1c2c(Cl)cc(Cl)cc2CCN1C(=O)CNc1cc2cc(C(=O)NCC3COC3)[nH]c(=O)c2cc1F. The third kappa shape index (κ3) is 5.16. The summed E-state index contributed by atoms with van der Waals surface area (Å²) < 4.78 is 19.9. The van der Waals surface area contributed by atoms with Crippen molar-refractivity contribution in [1.82, 2.24) is 15.2 Å². The molecule has 194 valence electrons. The van der Waals surface area contributed by atoms with Crippen molar-refractivity contribution in [2.24, 2.45) is 5.92 Å². The van der Waals surface area contributed by atoms with Crippen LogP contribution in [0.15, 0.2) is 35.1 Å². The summed E-state index contributed by atoms with van der Waals surface area (Å²) in [6.07, 6.45) is 0.609. The Bertz CT molecular complexity index is 1460. The first-order valence-electron chi connectivity index (χ1n) is 11.9. The summed E-state index contributed by atoms with van der Waals surface area (Å²) >= 11 is 12.5. The fourth-order valence-corrected chi connectivity index (χ4v) is 5.49. The first-order chi connectivity index (χ1) is 17.7. The van der Waals surface area contributed by atoms with E-state index < -0.39 is 17.3 Å². The zero-order chi connectivity index (χ0) is 26.3. The molecule has 3 N–H and O–H groups in total. The number of aromatic amines is 1. The third-order valence-electron chi connectivity index (χ3n) is 6.87. The van der Waals surface area contributed by atoms with Gasteiger partial charge < -0.3 is 25.3 Å². The fourth-order valence-electron chi connectivity index (χ4n) is 4.80. The van der Waals surface area contributed by atoms with Gasteiger partial charge in [-0.25, -0.2) is 4.39 Å². The molecule has 8 nitrogen and oxygen atoms in total. The van der Waals surface area contributed by atoms with Crippen molar-refractivity contribution in [2.75, 3.05) is 38.2 Å². The number of pyridine rings is 1. The van der Waals surface area contributed by atoms with Crippen LogP contribution in [0.2, 0.25) is 10.0 Å². The molecule has 2 aliphatic rings. The third-order valence-corrected chi connectivity index (χ3v) is 7.40. The zero-order valence-corrected chi connectivity index (χ0v) is 21.5. The van der Waals surface area contributed by atoms with Gasteiger partial charge in [0, 0.05) is 29.1 Å². The number of carbonyl (C=O) groups excluding carboxylic acids is 2. The molecular weight excluding hydrogens is 522 g/mol. The van der Waals surface area contributed by atoms with Gasteiger partial charge in [-0.05, 0) is 60.2 Å². The first-order valence-corrected chi connectivity index (χ1v) is 12.7. The monoisotopic (exact) mass is 546 g/mol. The summed E-state index contributed by atoms with van der Waals surface area (Å²) in [5.41, 5.74) is 1.42. The number of benzene rings is 2. The van der Waals surface area contributed by atoms with E-state index in [0.29, 0.717) is 48.2 Å². The summed E-state index contributed by atoms with van der Waals surface area (Å²) in [7, 11) is 0. The molecule has 5 rings (SSSR count). The van der Waals surface area contributed by atoms with Crippen molar-refractivity contribution in [3.05, 3.63) is 73.4 Å². The lowest BCUT2D eigenvalue weighted by molar-refractivity contribution is -0.131. The Morgan fingerprint density at radius 2 is 1.97 bits per heavy atom. The van der Waals surface area contributed by atoms with Gasteiger partial charge in [-0.15, -0.1) is 0 Å². The molecule has 2 aliphatic heterocycles. The van der Waals surface area contributed by atoms with Crippen LogP contribution in [0.3, 0.4) is 0 Å². The molecule has 0 radical (unpaired) electrons. The Balaban J connectivity index is 1.31. The predicted molar refractivity (Wildman–Crippen MR) is 140 cm³/mol. The average molecular weight is 547 g/mol.